The van der Waals surface area contributed by atoms with Gasteiger partial charge in [0.2, 0.25) is 0 Å². The van der Waals surface area contributed by atoms with Gasteiger partial charge in [0.25, 0.3) is 13.6 Å². The third-order valence-electron chi connectivity index (χ3n) is 0.655. The second-order valence-corrected chi connectivity index (χ2v) is 1.09. The SMILES string of the molecule is C1=CCC=C1.[C]=O.[C]=O.[H-].[H-].[SiH3][Fe+2]. The van der Waals surface area contributed by atoms with Crippen LogP contribution in [0.15, 0.2) is 24.3 Å². The Labute approximate surface area is 81.4 Å². The average molecular weight is 211 g/mol. The van der Waals surface area contributed by atoms with Gasteiger partial charge in [-0.25, -0.2) is 0 Å². The van der Waals surface area contributed by atoms with E-state index >= 15 is 0 Å². The van der Waals surface area contributed by atoms with Gasteiger partial charge in [-0.1, -0.05) is 24.3 Å². The molecule has 4 radical (unpaired) electrons. The zero-order valence-corrected chi connectivity index (χ0v) is 9.29. The molecule has 0 aromatic rings. The molecule has 2 nitrogen and oxygen atoms in total. The van der Waals surface area contributed by atoms with Crippen LogP contribution in [-0.2, 0) is 25.0 Å². The van der Waals surface area contributed by atoms with E-state index in [1.54, 1.807) is 0 Å². The standard InChI is InChI=1S/C5H6.2CO.Fe.H3Si.2H/c1-2-4-5-3-1;2*1-2;;;;/h1-4H,5H2;;;;1H3;;/q;;;+2;;2*-1. The summed E-state index contributed by atoms with van der Waals surface area (Å²) in [5.74, 6) is 0. The fourth-order valence-corrected chi connectivity index (χ4v) is 0.393. The minimum atomic E-state index is 0. The Hall–Kier alpha value is -0.444. The summed E-state index contributed by atoms with van der Waals surface area (Å²) >= 11 is 3.39. The van der Waals surface area contributed by atoms with E-state index in [2.05, 4.69) is 53.3 Å². The molecule has 1 aliphatic carbocycles. The van der Waals surface area contributed by atoms with Gasteiger partial charge in [-0.3, -0.25) is 9.59 Å². The van der Waals surface area contributed by atoms with Gasteiger partial charge in [0.15, 0.2) is 0 Å². The summed E-state index contributed by atoms with van der Waals surface area (Å²) in [5, 5.41) is 0. The number of hydrogen-bond donors (Lipinski definition) is 0. The summed E-state index contributed by atoms with van der Waals surface area (Å²) in [6.07, 6.45) is 9.50. The van der Waals surface area contributed by atoms with Crippen LogP contribution in [0.4, 0.5) is 0 Å². The molecule has 0 aromatic heterocycles. The Morgan fingerprint density at radius 3 is 1.45 bits per heavy atom. The van der Waals surface area contributed by atoms with Crippen molar-refractivity contribution in [1.29, 1.82) is 0 Å². The molecule has 1 rings (SSSR count). The predicted octanol–water partition coefficient (Wildman–Crippen LogP) is -0.253. The van der Waals surface area contributed by atoms with Gasteiger partial charge in [-0.05, 0) is 6.42 Å². The van der Waals surface area contributed by atoms with Crippen molar-refractivity contribution in [3.05, 3.63) is 24.3 Å². The first-order valence-electron chi connectivity index (χ1n) is 2.58. The molecule has 0 fully saturated rings. The quantitative estimate of drug-likeness (QED) is 0.517. The molecule has 63 valence electrons. The van der Waals surface area contributed by atoms with Crippen molar-refractivity contribution in [3.63, 3.8) is 0 Å². The van der Waals surface area contributed by atoms with E-state index in [0.717, 1.165) is 15.3 Å². The molecule has 0 atom stereocenters. The average Bonchev–Trinajstić information content (AvgIpc) is 2.71. The Bertz CT molecular complexity index is 101. The first kappa shape index (κ1) is 16.9. The van der Waals surface area contributed by atoms with Crippen molar-refractivity contribution in [2.45, 2.75) is 6.42 Å². The molecule has 0 N–H and O–H groups in total. The van der Waals surface area contributed by atoms with Crippen molar-refractivity contribution < 1.29 is 27.8 Å². The molecule has 0 heterocycles. The molecule has 0 saturated heterocycles. The molecule has 0 aromatic carbocycles. The van der Waals surface area contributed by atoms with E-state index in [-0.39, 0.29) is 2.85 Å². The van der Waals surface area contributed by atoms with E-state index in [0.29, 0.717) is 0 Å². The van der Waals surface area contributed by atoms with Gasteiger partial charge >= 0.3 is 24.2 Å². The Balaban J connectivity index is -0.0000000239. The van der Waals surface area contributed by atoms with Crippen molar-refractivity contribution in [2.75, 3.05) is 0 Å². The first-order valence-corrected chi connectivity index (χ1v) is 6.60. The molecule has 1 aliphatic rings. The molecule has 0 amide bonds. The van der Waals surface area contributed by atoms with Gasteiger partial charge in [-0.15, -0.1) is 0 Å². The van der Waals surface area contributed by atoms with Crippen molar-refractivity contribution in [1.82, 2.24) is 0 Å². The fraction of sp³-hybridized carbons (Fsp3) is 0.143. The van der Waals surface area contributed by atoms with Crippen LogP contribution < -0.4 is 0 Å². The molecular formula is C7H11FeO2Si. The predicted molar refractivity (Wildman–Crippen MR) is 46.4 cm³/mol. The summed E-state index contributed by atoms with van der Waals surface area (Å²) in [7, 11) is 1.06. The second-order valence-electron chi connectivity index (χ2n) is 1.09. The van der Waals surface area contributed by atoms with Crippen LogP contribution in [0.25, 0.3) is 0 Å². The summed E-state index contributed by atoms with van der Waals surface area (Å²) in [4.78, 5) is 15.0. The summed E-state index contributed by atoms with van der Waals surface area (Å²) in [5.41, 5.74) is 0. The van der Waals surface area contributed by atoms with E-state index in [9.17, 15) is 0 Å². The van der Waals surface area contributed by atoms with Gasteiger partial charge in [0.05, 0.1) is 0 Å². The minimum absolute atomic E-state index is 0. The van der Waals surface area contributed by atoms with Gasteiger partial charge in [0, 0.05) is 0 Å². The van der Waals surface area contributed by atoms with Crippen LogP contribution in [0.2, 0.25) is 0 Å². The number of rotatable bonds is 0. The first-order chi connectivity index (χ1) is 5.50. The molecule has 0 unspecified atom stereocenters. The van der Waals surface area contributed by atoms with Crippen LogP contribution in [0.5, 0.6) is 0 Å². The molecule has 0 spiro atoms. The van der Waals surface area contributed by atoms with Crippen LogP contribution >= 0.6 is 0 Å². The van der Waals surface area contributed by atoms with Gasteiger partial charge in [-0.2, -0.15) is 0 Å². The van der Waals surface area contributed by atoms with Crippen LogP contribution in [0.3, 0.4) is 0 Å². The topological polar surface area (TPSA) is 34.1 Å². The van der Waals surface area contributed by atoms with E-state index in [1.165, 1.54) is 0 Å². The maximum atomic E-state index is 7.50. The Morgan fingerprint density at radius 1 is 1.09 bits per heavy atom. The molecule has 4 heteroatoms. The summed E-state index contributed by atoms with van der Waals surface area (Å²) in [6, 6.07) is 0. The summed E-state index contributed by atoms with van der Waals surface area (Å²) < 4.78 is 0. The van der Waals surface area contributed by atoms with Gasteiger partial charge in [0.1, 0.15) is 0 Å². The third-order valence-corrected chi connectivity index (χ3v) is 0.655. The van der Waals surface area contributed by atoms with Crippen molar-refractivity contribution in [3.8, 4) is 0 Å². The van der Waals surface area contributed by atoms with Gasteiger partial charge < -0.3 is 2.85 Å². The molecule has 11 heavy (non-hydrogen) atoms. The second kappa shape index (κ2) is 33.7. The van der Waals surface area contributed by atoms with Crippen LogP contribution in [0.1, 0.15) is 9.27 Å². The Kier molecular flexibility index (Phi) is 51.7. The van der Waals surface area contributed by atoms with Crippen molar-refractivity contribution in [2.24, 2.45) is 0 Å². The molecule has 0 saturated carbocycles. The fourth-order valence-electron chi connectivity index (χ4n) is 0.393. The molecular weight excluding hydrogens is 200 g/mol. The van der Waals surface area contributed by atoms with Crippen LogP contribution in [-0.4, -0.2) is 22.4 Å². The number of allylic oxidation sites excluding steroid dienone is 4. The molecule has 0 aliphatic heterocycles. The molecule has 0 bridgehead atoms. The maximum absolute atomic E-state index is 7.50. The zero-order chi connectivity index (χ0) is 9.54. The zero-order valence-electron chi connectivity index (χ0n) is 8.19. The summed E-state index contributed by atoms with van der Waals surface area (Å²) in [6.45, 7) is 9.00. The number of hydrogen-bond acceptors (Lipinski definition) is 2. The number of carbonyl (C=O) groups excluding carboxylic acids is 2. The Morgan fingerprint density at radius 2 is 1.36 bits per heavy atom. The third kappa shape index (κ3) is 26.3. The normalized spacial score (nSPS) is 9.45. The van der Waals surface area contributed by atoms with Crippen LogP contribution in [0, 0.1) is 0 Å². The van der Waals surface area contributed by atoms with E-state index < -0.39 is 0 Å². The van der Waals surface area contributed by atoms with E-state index in [4.69, 9.17) is 9.59 Å². The van der Waals surface area contributed by atoms with Crippen molar-refractivity contribution >= 4 is 22.4 Å². The van der Waals surface area contributed by atoms with E-state index in [1.807, 2.05) is 0 Å². The monoisotopic (exact) mass is 211 g/mol.